The maximum atomic E-state index is 13.5. The largest absolute Gasteiger partial charge is 0.465 e. The van der Waals surface area contributed by atoms with E-state index in [1.165, 1.54) is 7.11 Å². The van der Waals surface area contributed by atoms with Crippen LogP contribution in [0.4, 0.5) is 9.59 Å². The lowest BCUT2D eigenvalue weighted by Crippen LogP contribution is -2.51. The number of aromatic nitrogens is 4. The Balaban J connectivity index is 1.16. The molecular weight excluding hydrogens is 693 g/mol. The molecule has 0 spiro atoms. The van der Waals surface area contributed by atoms with Gasteiger partial charge in [0.1, 0.15) is 29.4 Å². The first-order chi connectivity index (χ1) is 24.5. The second-order valence-electron chi connectivity index (χ2n) is 13.5. The Labute approximate surface area is 303 Å². The van der Waals surface area contributed by atoms with Crippen LogP contribution in [0.3, 0.4) is 0 Å². The van der Waals surface area contributed by atoms with Gasteiger partial charge < -0.3 is 40.2 Å². The van der Waals surface area contributed by atoms with Crippen molar-refractivity contribution in [2.45, 2.75) is 77.5 Å². The van der Waals surface area contributed by atoms with Gasteiger partial charge in [0.25, 0.3) is 0 Å². The van der Waals surface area contributed by atoms with Gasteiger partial charge in [0.2, 0.25) is 11.8 Å². The topological polar surface area (TPSA) is 186 Å². The number of ether oxygens (including phenoxy) is 1. The molecule has 0 saturated carbocycles. The predicted molar refractivity (Wildman–Crippen MR) is 193 cm³/mol. The lowest BCUT2D eigenvalue weighted by molar-refractivity contribution is -0.136. The summed E-state index contributed by atoms with van der Waals surface area (Å²) in [6.07, 6.45) is 4.74. The van der Waals surface area contributed by atoms with Crippen LogP contribution < -0.4 is 10.6 Å². The van der Waals surface area contributed by atoms with E-state index in [0.29, 0.717) is 30.4 Å². The maximum Gasteiger partial charge on any atom is 0.407 e. The number of carboxylic acid groups (broad SMARTS) is 1. The molecule has 4 atom stereocenters. The van der Waals surface area contributed by atoms with E-state index in [1.807, 2.05) is 33.1 Å². The van der Waals surface area contributed by atoms with Crippen molar-refractivity contribution in [3.63, 3.8) is 0 Å². The van der Waals surface area contributed by atoms with Crippen LogP contribution in [0.25, 0.3) is 20.7 Å². The summed E-state index contributed by atoms with van der Waals surface area (Å²) in [5.41, 5.74) is 3.39. The zero-order valence-electron chi connectivity index (χ0n) is 29.1. The molecule has 0 bridgehead atoms. The first-order valence-corrected chi connectivity index (χ1v) is 18.8. The highest BCUT2D eigenvalue weighted by molar-refractivity contribution is 7.27. The number of carbonyl (C=O) groups excluding carboxylic acids is 3. The van der Waals surface area contributed by atoms with Crippen molar-refractivity contribution in [1.29, 1.82) is 0 Å². The van der Waals surface area contributed by atoms with Crippen molar-refractivity contribution in [2.75, 3.05) is 20.2 Å². The van der Waals surface area contributed by atoms with E-state index in [-0.39, 0.29) is 35.7 Å². The van der Waals surface area contributed by atoms with Crippen molar-refractivity contribution in [3.8, 4) is 23.1 Å². The fourth-order valence-corrected chi connectivity index (χ4v) is 9.07. The Bertz CT molecular complexity index is 1980. The molecule has 4 amide bonds. The van der Waals surface area contributed by atoms with Crippen LogP contribution in [-0.4, -0.2) is 91.1 Å². The summed E-state index contributed by atoms with van der Waals surface area (Å²) in [5, 5.41) is 18.4. The Hall–Kier alpha value is -4.88. The summed E-state index contributed by atoms with van der Waals surface area (Å²) >= 11 is 3.21. The van der Waals surface area contributed by atoms with Crippen LogP contribution >= 0.6 is 22.7 Å². The highest BCUT2D eigenvalue weighted by Crippen LogP contribution is 2.40. The van der Waals surface area contributed by atoms with Crippen LogP contribution in [0.1, 0.15) is 88.4 Å². The quantitative estimate of drug-likeness (QED) is 0.140. The van der Waals surface area contributed by atoms with Crippen molar-refractivity contribution in [3.05, 3.63) is 46.1 Å². The molecule has 2 saturated heterocycles. The van der Waals surface area contributed by atoms with E-state index in [2.05, 4.69) is 42.8 Å². The normalized spacial score (nSPS) is 18.6. The molecule has 2 fully saturated rings. The smallest absolute Gasteiger partial charge is 0.407 e. The molecule has 0 radical (unpaired) electrons. The van der Waals surface area contributed by atoms with Gasteiger partial charge in [0.05, 0.1) is 52.2 Å². The molecule has 2 unspecified atom stereocenters. The Morgan fingerprint density at radius 3 is 2.06 bits per heavy atom. The van der Waals surface area contributed by atoms with E-state index in [4.69, 9.17) is 9.72 Å². The third-order valence-corrected chi connectivity index (χ3v) is 11.6. The second-order valence-corrected chi connectivity index (χ2v) is 15.2. The van der Waals surface area contributed by atoms with Crippen LogP contribution in [0, 0.1) is 23.7 Å². The summed E-state index contributed by atoms with van der Waals surface area (Å²) in [6.45, 7) is 8.54. The standard InChI is InChI=1S/C35H42N8O6S2/c1-18(2)26(40-34(46)47)32(44)42-12-6-8-24(42)30-36-14-21(38-30)11-10-20-16-50-29-22(17-51-28(20)29)23-15-37-31(39-23)25-9-7-13-43(25)33(45)27(19(3)4)41-35(48)49-5/h14-19,24-27,40H,6-9,12-13H2,1-5H3,(H,36,38)(H,37,39)(H,41,48)(H,46,47)/t24?,25?,26-,27-/m0/s1. The van der Waals surface area contributed by atoms with Gasteiger partial charge in [-0.3, -0.25) is 9.59 Å². The van der Waals surface area contributed by atoms with Crippen molar-refractivity contribution >= 4 is 56.1 Å². The molecule has 4 aromatic rings. The number of imidazole rings is 2. The van der Waals surface area contributed by atoms with Gasteiger partial charge in [-0.2, -0.15) is 0 Å². The van der Waals surface area contributed by atoms with Crippen LogP contribution in [0.2, 0.25) is 0 Å². The third kappa shape index (κ3) is 7.45. The number of amides is 4. The number of aromatic amines is 2. The summed E-state index contributed by atoms with van der Waals surface area (Å²) in [6, 6.07) is -2.03. The molecular formula is C35H42N8O6S2. The SMILES string of the molecule is COC(=O)N[C@H](C(=O)N1CCCC1c1ncc(-c2csc3c(C#Cc4cnc(C5CCCN5C(=O)[C@@H](NC(=O)O)C(C)C)[nH]4)csc23)[nH]1)C(C)C. The average Bonchev–Trinajstić information content (AvgIpc) is 3.94. The average molecular weight is 735 g/mol. The Morgan fingerprint density at radius 1 is 0.863 bits per heavy atom. The van der Waals surface area contributed by atoms with Gasteiger partial charge >= 0.3 is 12.2 Å². The molecule has 270 valence electrons. The van der Waals surface area contributed by atoms with Crippen LogP contribution in [-0.2, 0) is 14.3 Å². The number of likely N-dealkylation sites (tertiary alicyclic amines) is 2. The highest BCUT2D eigenvalue weighted by Gasteiger charge is 2.39. The van der Waals surface area contributed by atoms with Gasteiger partial charge in [0, 0.05) is 29.4 Å². The molecule has 0 aliphatic carbocycles. The summed E-state index contributed by atoms with van der Waals surface area (Å²) in [4.78, 5) is 69.6. The molecule has 0 aromatic carbocycles. The number of methoxy groups -OCH3 is 1. The number of carbonyl (C=O) groups is 4. The lowest BCUT2D eigenvalue weighted by Gasteiger charge is -2.30. The molecule has 2 aliphatic heterocycles. The molecule has 14 nitrogen and oxygen atoms in total. The van der Waals surface area contributed by atoms with Gasteiger partial charge in [-0.1, -0.05) is 33.6 Å². The highest BCUT2D eigenvalue weighted by atomic mass is 32.1. The Morgan fingerprint density at radius 2 is 1.45 bits per heavy atom. The number of hydrogen-bond acceptors (Lipinski definition) is 9. The van der Waals surface area contributed by atoms with Gasteiger partial charge in [0.15, 0.2) is 0 Å². The zero-order valence-corrected chi connectivity index (χ0v) is 30.7. The van der Waals surface area contributed by atoms with Crippen molar-refractivity contribution in [2.24, 2.45) is 11.8 Å². The fourth-order valence-electron chi connectivity index (χ4n) is 6.77. The van der Waals surface area contributed by atoms with Gasteiger partial charge in [-0.25, -0.2) is 19.6 Å². The van der Waals surface area contributed by atoms with E-state index < -0.39 is 24.3 Å². The summed E-state index contributed by atoms with van der Waals surface area (Å²) in [5.74, 6) is 7.10. The zero-order chi connectivity index (χ0) is 36.4. The minimum Gasteiger partial charge on any atom is -0.465 e. The minimum absolute atomic E-state index is 0.115. The molecule has 16 heteroatoms. The monoisotopic (exact) mass is 734 g/mol. The maximum absolute atomic E-state index is 13.5. The minimum atomic E-state index is -1.22. The number of rotatable bonds is 9. The second kappa shape index (κ2) is 15.2. The predicted octanol–water partition coefficient (Wildman–Crippen LogP) is 5.48. The van der Waals surface area contributed by atoms with Gasteiger partial charge in [-0.15, -0.1) is 22.7 Å². The fraction of sp³-hybridized carbons (Fsp3) is 0.486. The molecule has 4 aromatic heterocycles. The van der Waals surface area contributed by atoms with Crippen molar-refractivity contribution in [1.82, 2.24) is 40.4 Å². The number of nitrogens with one attached hydrogen (secondary N) is 4. The van der Waals surface area contributed by atoms with E-state index in [0.717, 1.165) is 51.9 Å². The van der Waals surface area contributed by atoms with Crippen LogP contribution in [0.5, 0.6) is 0 Å². The van der Waals surface area contributed by atoms with Crippen LogP contribution in [0.15, 0.2) is 23.2 Å². The Kier molecular flexibility index (Phi) is 10.7. The molecule has 51 heavy (non-hydrogen) atoms. The number of alkyl carbamates (subject to hydrolysis) is 1. The number of fused-ring (bicyclic) bond motifs is 1. The van der Waals surface area contributed by atoms with E-state index >= 15 is 0 Å². The molecule has 5 N–H and O–H groups in total. The lowest BCUT2D eigenvalue weighted by atomic mass is 10.0. The summed E-state index contributed by atoms with van der Waals surface area (Å²) < 4.78 is 6.89. The van der Waals surface area contributed by atoms with E-state index in [1.54, 1.807) is 44.9 Å². The molecule has 6 rings (SSSR count). The third-order valence-electron chi connectivity index (χ3n) is 9.40. The number of hydrogen-bond donors (Lipinski definition) is 5. The van der Waals surface area contributed by atoms with Gasteiger partial charge in [-0.05, 0) is 43.4 Å². The molecule has 6 heterocycles. The number of H-pyrrole nitrogens is 2. The molecule has 2 aliphatic rings. The first kappa shape index (κ1) is 35.9. The van der Waals surface area contributed by atoms with E-state index in [9.17, 15) is 24.3 Å². The first-order valence-electron chi connectivity index (χ1n) is 17.0. The summed E-state index contributed by atoms with van der Waals surface area (Å²) in [7, 11) is 1.28. The number of thiophene rings is 2. The van der Waals surface area contributed by atoms with Crippen molar-refractivity contribution < 1.29 is 29.0 Å². The number of nitrogens with zero attached hydrogens (tertiary/aromatic N) is 4.